The third kappa shape index (κ3) is 3.62. The summed E-state index contributed by atoms with van der Waals surface area (Å²) in [6, 6.07) is 5.30. The van der Waals surface area contributed by atoms with Gasteiger partial charge < -0.3 is 9.47 Å². The first-order valence-corrected chi connectivity index (χ1v) is 18.8. The average Bonchev–Trinajstić information content (AvgIpc) is 2.59. The molecule has 166 valence electrons. The minimum absolute atomic E-state index is 0.0734. The van der Waals surface area contributed by atoms with E-state index in [-0.39, 0.29) is 11.5 Å². The van der Waals surface area contributed by atoms with Crippen LogP contribution in [-0.4, -0.2) is 34.6 Å². The molecule has 0 N–H and O–H groups in total. The standard InChI is InChI=1S/C26H42O2Si2/c1-10-12-26-17-25(13-11-23(26)28-24(2,3)27-18-26)16-19-14-21(29(4,5)6)22(15-20(19)25)30(7,8)9/h10,14-15,23H,1,11-13,16-18H2,2-9H3. The second-order valence-electron chi connectivity index (χ2n) is 12.9. The SMILES string of the molecule is C=CCC12COC(C)(C)OC1CCC1(Cc3cc([Si](C)(C)C)c([Si](C)(C)C)cc31)C2. The lowest BCUT2D eigenvalue weighted by Crippen LogP contribution is -2.62. The lowest BCUT2D eigenvalue weighted by Gasteiger charge is -2.60. The number of benzene rings is 1. The van der Waals surface area contributed by atoms with Gasteiger partial charge in [0, 0.05) is 10.8 Å². The monoisotopic (exact) mass is 442 g/mol. The molecule has 30 heavy (non-hydrogen) atoms. The summed E-state index contributed by atoms with van der Waals surface area (Å²) in [4.78, 5) is 0. The van der Waals surface area contributed by atoms with Crippen molar-refractivity contribution in [2.45, 2.75) is 103 Å². The van der Waals surface area contributed by atoms with E-state index in [1.54, 1.807) is 21.5 Å². The van der Waals surface area contributed by atoms with Crippen molar-refractivity contribution in [2.75, 3.05) is 6.61 Å². The first kappa shape index (κ1) is 22.5. The van der Waals surface area contributed by atoms with Gasteiger partial charge in [0.15, 0.2) is 5.79 Å². The van der Waals surface area contributed by atoms with Crippen LogP contribution in [0.4, 0.5) is 0 Å². The number of allylic oxidation sites excluding steroid dienone is 1. The van der Waals surface area contributed by atoms with Crippen LogP contribution in [0.2, 0.25) is 39.3 Å². The van der Waals surface area contributed by atoms with Gasteiger partial charge in [0.2, 0.25) is 0 Å². The topological polar surface area (TPSA) is 18.5 Å². The number of hydrogen-bond acceptors (Lipinski definition) is 2. The van der Waals surface area contributed by atoms with Crippen LogP contribution in [0.5, 0.6) is 0 Å². The Morgan fingerprint density at radius 2 is 1.70 bits per heavy atom. The zero-order chi connectivity index (χ0) is 22.2. The van der Waals surface area contributed by atoms with E-state index in [2.05, 4.69) is 77.9 Å². The van der Waals surface area contributed by atoms with Gasteiger partial charge in [0.05, 0.1) is 28.9 Å². The molecule has 1 aliphatic heterocycles. The van der Waals surface area contributed by atoms with Crippen LogP contribution in [0.15, 0.2) is 24.8 Å². The molecule has 3 aliphatic rings. The van der Waals surface area contributed by atoms with Gasteiger partial charge in [0.25, 0.3) is 0 Å². The van der Waals surface area contributed by atoms with Gasteiger partial charge in [-0.25, -0.2) is 0 Å². The lowest BCUT2D eigenvalue weighted by molar-refractivity contribution is -0.329. The van der Waals surface area contributed by atoms with Gasteiger partial charge in [-0.3, -0.25) is 0 Å². The molecular formula is C26H42O2Si2. The highest BCUT2D eigenvalue weighted by molar-refractivity contribution is 6.98. The van der Waals surface area contributed by atoms with Crippen LogP contribution >= 0.6 is 0 Å². The van der Waals surface area contributed by atoms with E-state index >= 15 is 0 Å². The summed E-state index contributed by atoms with van der Waals surface area (Å²) in [7, 11) is -2.77. The van der Waals surface area contributed by atoms with Crippen LogP contribution in [0.25, 0.3) is 0 Å². The second-order valence-corrected chi connectivity index (χ2v) is 23.0. The summed E-state index contributed by atoms with van der Waals surface area (Å²) in [5.41, 5.74) is 3.67. The van der Waals surface area contributed by atoms with Crippen molar-refractivity contribution in [1.82, 2.24) is 0 Å². The molecule has 0 aromatic heterocycles. The predicted molar refractivity (Wildman–Crippen MR) is 134 cm³/mol. The van der Waals surface area contributed by atoms with E-state index in [4.69, 9.17) is 9.47 Å². The van der Waals surface area contributed by atoms with Crippen molar-refractivity contribution in [2.24, 2.45) is 5.41 Å². The fourth-order valence-electron chi connectivity index (χ4n) is 6.42. The molecule has 2 fully saturated rings. The molecule has 0 radical (unpaired) electrons. The summed E-state index contributed by atoms with van der Waals surface area (Å²) in [6.45, 7) is 24.1. The lowest BCUT2D eigenvalue weighted by atomic mass is 9.50. The molecule has 1 saturated heterocycles. The van der Waals surface area contributed by atoms with Crippen LogP contribution < -0.4 is 10.4 Å². The minimum atomic E-state index is -1.41. The van der Waals surface area contributed by atoms with Crippen molar-refractivity contribution in [3.8, 4) is 0 Å². The normalized spacial score (nSPS) is 32.9. The molecular weight excluding hydrogens is 400 g/mol. The predicted octanol–water partition coefficient (Wildman–Crippen LogP) is 5.47. The molecule has 1 aromatic rings. The summed E-state index contributed by atoms with van der Waals surface area (Å²) < 4.78 is 12.7. The van der Waals surface area contributed by atoms with Crippen molar-refractivity contribution >= 4 is 26.5 Å². The molecule has 2 aliphatic carbocycles. The maximum absolute atomic E-state index is 6.47. The Labute approximate surface area is 186 Å². The number of rotatable bonds is 4. The van der Waals surface area contributed by atoms with Crippen molar-refractivity contribution < 1.29 is 9.47 Å². The molecule has 1 saturated carbocycles. The van der Waals surface area contributed by atoms with Gasteiger partial charge >= 0.3 is 0 Å². The highest BCUT2D eigenvalue weighted by Crippen LogP contribution is 2.59. The first-order valence-electron chi connectivity index (χ1n) is 11.8. The molecule has 1 spiro atoms. The Balaban J connectivity index is 1.74. The number of ether oxygens (including phenoxy) is 2. The maximum Gasteiger partial charge on any atom is 0.163 e. The Bertz CT molecular complexity index is 861. The first-order chi connectivity index (χ1) is 13.7. The van der Waals surface area contributed by atoms with E-state index in [9.17, 15) is 0 Å². The van der Waals surface area contributed by atoms with E-state index < -0.39 is 21.9 Å². The molecule has 3 atom stereocenters. The molecule has 1 heterocycles. The van der Waals surface area contributed by atoms with Gasteiger partial charge in [-0.1, -0.05) is 67.9 Å². The van der Waals surface area contributed by atoms with E-state index in [1.165, 1.54) is 19.3 Å². The summed E-state index contributed by atoms with van der Waals surface area (Å²) in [5, 5.41) is 3.44. The molecule has 2 nitrogen and oxygen atoms in total. The van der Waals surface area contributed by atoms with Crippen molar-refractivity contribution in [3.05, 3.63) is 35.9 Å². The highest BCUT2D eigenvalue weighted by atomic mass is 28.3. The number of hydrogen-bond donors (Lipinski definition) is 0. The number of fused-ring (bicyclic) bond motifs is 3. The van der Waals surface area contributed by atoms with Gasteiger partial charge in [-0.2, -0.15) is 0 Å². The van der Waals surface area contributed by atoms with Crippen molar-refractivity contribution in [1.29, 1.82) is 0 Å². The largest absolute Gasteiger partial charge is 0.350 e. The molecule has 4 heteroatoms. The molecule has 0 bridgehead atoms. The fourth-order valence-corrected chi connectivity index (χ4v) is 11.6. The van der Waals surface area contributed by atoms with Crippen LogP contribution in [0.3, 0.4) is 0 Å². The van der Waals surface area contributed by atoms with E-state index in [0.29, 0.717) is 5.41 Å². The molecule has 3 unspecified atom stereocenters. The van der Waals surface area contributed by atoms with E-state index in [0.717, 1.165) is 19.4 Å². The Morgan fingerprint density at radius 3 is 2.30 bits per heavy atom. The maximum atomic E-state index is 6.47. The van der Waals surface area contributed by atoms with Gasteiger partial charge in [-0.05, 0) is 57.1 Å². The Hall–Kier alpha value is -0.686. The third-order valence-corrected chi connectivity index (χ3v) is 12.2. The third-order valence-electron chi connectivity index (χ3n) is 7.90. The smallest absolute Gasteiger partial charge is 0.163 e. The second kappa shape index (κ2) is 6.90. The van der Waals surface area contributed by atoms with Crippen molar-refractivity contribution in [3.63, 3.8) is 0 Å². The summed E-state index contributed by atoms with van der Waals surface area (Å²) >= 11 is 0. The molecule has 4 rings (SSSR count). The van der Waals surface area contributed by atoms with Crippen LogP contribution in [0.1, 0.15) is 50.7 Å². The fraction of sp³-hybridized carbons (Fsp3) is 0.692. The zero-order valence-electron chi connectivity index (χ0n) is 20.6. The van der Waals surface area contributed by atoms with E-state index in [1.807, 2.05) is 0 Å². The van der Waals surface area contributed by atoms with Gasteiger partial charge in [0.1, 0.15) is 0 Å². The average molecular weight is 443 g/mol. The minimum Gasteiger partial charge on any atom is -0.350 e. The Kier molecular flexibility index (Phi) is 5.18. The zero-order valence-corrected chi connectivity index (χ0v) is 22.6. The molecule has 0 amide bonds. The molecule has 1 aromatic carbocycles. The quantitative estimate of drug-likeness (QED) is 0.455. The van der Waals surface area contributed by atoms with Crippen LogP contribution in [0, 0.1) is 5.41 Å². The Morgan fingerprint density at radius 1 is 1.07 bits per heavy atom. The van der Waals surface area contributed by atoms with Gasteiger partial charge in [-0.15, -0.1) is 6.58 Å². The summed E-state index contributed by atoms with van der Waals surface area (Å²) in [6.07, 6.45) is 8.16. The van der Waals surface area contributed by atoms with Crippen LogP contribution in [-0.2, 0) is 21.3 Å². The highest BCUT2D eigenvalue weighted by Gasteiger charge is 2.58. The summed E-state index contributed by atoms with van der Waals surface area (Å²) in [5.74, 6) is -0.464.